The molecule has 1 unspecified atom stereocenters. The van der Waals surface area contributed by atoms with Gasteiger partial charge in [-0.1, -0.05) is 31.5 Å². The fraction of sp³-hybridized carbons (Fsp3) is 0.400. The Hall–Kier alpha value is -1.39. The van der Waals surface area contributed by atoms with Crippen LogP contribution in [0.3, 0.4) is 0 Å². The fourth-order valence-electron chi connectivity index (χ4n) is 2.22. The second-order valence-electron chi connectivity index (χ2n) is 4.74. The Morgan fingerprint density at radius 2 is 2.20 bits per heavy atom. The summed E-state index contributed by atoms with van der Waals surface area (Å²) in [4.78, 5) is 0. The van der Waals surface area contributed by atoms with Crippen molar-refractivity contribution < 1.29 is 4.39 Å². The molecule has 0 saturated heterocycles. The van der Waals surface area contributed by atoms with E-state index >= 15 is 0 Å². The zero-order valence-corrected chi connectivity index (χ0v) is 12.5. The first-order valence-electron chi connectivity index (χ1n) is 6.83. The summed E-state index contributed by atoms with van der Waals surface area (Å²) in [6.07, 6.45) is 4.88. The first-order valence-corrected chi connectivity index (χ1v) is 7.21. The molecular weight excluding hydrogens is 277 g/mol. The summed E-state index contributed by atoms with van der Waals surface area (Å²) >= 11 is 5.68. The van der Waals surface area contributed by atoms with Crippen LogP contribution < -0.4 is 5.32 Å². The molecule has 1 aromatic heterocycles. The Kier molecular flexibility index (Phi) is 5.15. The quantitative estimate of drug-likeness (QED) is 0.879. The van der Waals surface area contributed by atoms with E-state index in [1.807, 2.05) is 23.1 Å². The van der Waals surface area contributed by atoms with E-state index in [4.69, 9.17) is 11.6 Å². The first kappa shape index (κ1) is 15.0. The van der Waals surface area contributed by atoms with E-state index in [2.05, 4.69) is 24.3 Å². The van der Waals surface area contributed by atoms with Crippen molar-refractivity contribution in [1.29, 1.82) is 0 Å². The molecule has 20 heavy (non-hydrogen) atoms. The molecule has 0 saturated carbocycles. The fourth-order valence-corrected chi connectivity index (χ4v) is 2.33. The van der Waals surface area contributed by atoms with Crippen molar-refractivity contribution in [2.24, 2.45) is 0 Å². The summed E-state index contributed by atoms with van der Waals surface area (Å²) in [5.74, 6) is -0.393. The van der Waals surface area contributed by atoms with E-state index in [9.17, 15) is 4.39 Å². The van der Waals surface area contributed by atoms with Crippen LogP contribution in [0.2, 0.25) is 5.02 Å². The third-order valence-corrected chi connectivity index (χ3v) is 3.55. The van der Waals surface area contributed by atoms with E-state index in [1.165, 1.54) is 6.07 Å². The van der Waals surface area contributed by atoms with Crippen LogP contribution >= 0.6 is 11.6 Å². The van der Waals surface area contributed by atoms with Crippen LogP contribution in [0.1, 0.15) is 37.4 Å². The highest BCUT2D eigenvalue weighted by Gasteiger charge is 2.10. The number of hydrogen-bond donors (Lipinski definition) is 1. The van der Waals surface area contributed by atoms with Gasteiger partial charge in [0.2, 0.25) is 0 Å². The van der Waals surface area contributed by atoms with Crippen LogP contribution in [0.25, 0.3) is 0 Å². The van der Waals surface area contributed by atoms with E-state index in [-0.39, 0.29) is 5.02 Å². The zero-order chi connectivity index (χ0) is 14.5. The van der Waals surface area contributed by atoms with Crippen LogP contribution in [0, 0.1) is 5.82 Å². The first-order chi connectivity index (χ1) is 9.63. The summed E-state index contributed by atoms with van der Waals surface area (Å²) in [6, 6.07) is 5.15. The van der Waals surface area contributed by atoms with Crippen molar-refractivity contribution in [1.82, 2.24) is 15.1 Å². The van der Waals surface area contributed by atoms with Gasteiger partial charge in [0.15, 0.2) is 0 Å². The van der Waals surface area contributed by atoms with Gasteiger partial charge in [-0.25, -0.2) is 4.39 Å². The largest absolute Gasteiger partial charge is 0.310 e. The molecule has 0 amide bonds. The van der Waals surface area contributed by atoms with E-state index in [0.717, 1.165) is 24.1 Å². The molecule has 0 aliphatic heterocycles. The Balaban J connectivity index is 2.10. The zero-order valence-electron chi connectivity index (χ0n) is 11.7. The number of hydrogen-bond acceptors (Lipinski definition) is 2. The molecule has 3 nitrogen and oxygen atoms in total. The Morgan fingerprint density at radius 1 is 1.40 bits per heavy atom. The molecule has 1 aromatic carbocycles. The molecule has 1 N–H and O–H groups in total. The van der Waals surface area contributed by atoms with Gasteiger partial charge in [-0.2, -0.15) is 5.10 Å². The normalized spacial score (nSPS) is 12.6. The molecule has 2 rings (SSSR count). The lowest BCUT2D eigenvalue weighted by molar-refractivity contribution is 0.536. The Morgan fingerprint density at radius 3 is 2.85 bits per heavy atom. The van der Waals surface area contributed by atoms with Crippen molar-refractivity contribution >= 4 is 11.6 Å². The second-order valence-corrected chi connectivity index (χ2v) is 5.15. The van der Waals surface area contributed by atoms with Crippen molar-refractivity contribution in [2.45, 2.75) is 32.9 Å². The van der Waals surface area contributed by atoms with Crippen LogP contribution in [-0.2, 0) is 6.54 Å². The number of nitrogens with zero attached hydrogens (tertiary/aromatic N) is 2. The highest BCUT2D eigenvalue weighted by Crippen LogP contribution is 2.18. The highest BCUT2D eigenvalue weighted by molar-refractivity contribution is 6.30. The van der Waals surface area contributed by atoms with Gasteiger partial charge in [-0.3, -0.25) is 4.68 Å². The van der Waals surface area contributed by atoms with Crippen LogP contribution in [0.4, 0.5) is 4.39 Å². The summed E-state index contributed by atoms with van der Waals surface area (Å²) in [7, 11) is 0. The summed E-state index contributed by atoms with van der Waals surface area (Å²) in [5, 5.41) is 7.89. The molecule has 0 spiro atoms. The topological polar surface area (TPSA) is 29.9 Å². The SMILES string of the molecule is CCNC(CC)c1cnn(Cc2ccc(Cl)c(F)c2)c1. The second kappa shape index (κ2) is 6.86. The standard InChI is InChI=1S/C15H19ClFN3/c1-3-15(18-4-2)12-8-19-20(10-12)9-11-5-6-13(16)14(17)7-11/h5-8,10,15,18H,3-4,9H2,1-2H3. The van der Waals surface area contributed by atoms with Gasteiger partial charge in [0.25, 0.3) is 0 Å². The third kappa shape index (κ3) is 3.58. The lowest BCUT2D eigenvalue weighted by Gasteiger charge is -2.13. The van der Waals surface area contributed by atoms with E-state index in [0.29, 0.717) is 12.6 Å². The van der Waals surface area contributed by atoms with Gasteiger partial charge < -0.3 is 5.32 Å². The lowest BCUT2D eigenvalue weighted by atomic mass is 10.1. The Bertz CT molecular complexity index is 568. The van der Waals surface area contributed by atoms with Gasteiger partial charge >= 0.3 is 0 Å². The van der Waals surface area contributed by atoms with Gasteiger partial charge in [0, 0.05) is 17.8 Å². The smallest absolute Gasteiger partial charge is 0.142 e. The summed E-state index contributed by atoms with van der Waals surface area (Å²) in [6.45, 7) is 5.69. The molecule has 2 aromatic rings. The molecule has 5 heteroatoms. The predicted molar refractivity (Wildman–Crippen MR) is 79.4 cm³/mol. The minimum absolute atomic E-state index is 0.146. The minimum Gasteiger partial charge on any atom is -0.310 e. The average molecular weight is 296 g/mol. The van der Waals surface area contributed by atoms with Crippen LogP contribution in [0.5, 0.6) is 0 Å². The number of nitrogens with one attached hydrogen (secondary N) is 1. The molecule has 0 aliphatic carbocycles. The molecule has 1 heterocycles. The van der Waals surface area contributed by atoms with Crippen molar-refractivity contribution in [3.05, 3.63) is 52.6 Å². The van der Waals surface area contributed by atoms with Crippen LogP contribution in [0.15, 0.2) is 30.6 Å². The Labute approximate surface area is 123 Å². The lowest BCUT2D eigenvalue weighted by Crippen LogP contribution is -2.19. The highest BCUT2D eigenvalue weighted by atomic mass is 35.5. The molecule has 0 radical (unpaired) electrons. The molecule has 108 valence electrons. The van der Waals surface area contributed by atoms with Gasteiger partial charge in [-0.15, -0.1) is 0 Å². The van der Waals surface area contributed by atoms with Crippen LogP contribution in [-0.4, -0.2) is 16.3 Å². The monoisotopic (exact) mass is 295 g/mol. The third-order valence-electron chi connectivity index (χ3n) is 3.24. The van der Waals surface area contributed by atoms with E-state index < -0.39 is 5.82 Å². The van der Waals surface area contributed by atoms with Crippen molar-refractivity contribution in [2.75, 3.05) is 6.54 Å². The van der Waals surface area contributed by atoms with E-state index in [1.54, 1.807) is 6.07 Å². The number of halogens is 2. The summed E-state index contributed by atoms with van der Waals surface area (Å²) < 4.78 is 15.2. The van der Waals surface area contributed by atoms with Gasteiger partial charge in [0.1, 0.15) is 5.82 Å². The molecule has 1 atom stereocenters. The summed E-state index contributed by atoms with van der Waals surface area (Å²) in [5.41, 5.74) is 2.00. The number of aromatic nitrogens is 2. The molecule has 0 bridgehead atoms. The molecular formula is C15H19ClFN3. The average Bonchev–Trinajstić information content (AvgIpc) is 2.88. The van der Waals surface area contributed by atoms with Gasteiger partial charge in [0.05, 0.1) is 17.8 Å². The maximum absolute atomic E-state index is 13.4. The maximum atomic E-state index is 13.4. The molecule has 0 aliphatic rings. The van der Waals surface area contributed by atoms with Crippen molar-refractivity contribution in [3.63, 3.8) is 0 Å². The number of benzene rings is 1. The predicted octanol–water partition coefficient (Wildman–Crippen LogP) is 3.78. The maximum Gasteiger partial charge on any atom is 0.142 e. The number of rotatable bonds is 6. The molecule has 0 fully saturated rings. The minimum atomic E-state index is -0.393. The van der Waals surface area contributed by atoms with Crippen molar-refractivity contribution in [3.8, 4) is 0 Å². The van der Waals surface area contributed by atoms with Gasteiger partial charge in [-0.05, 0) is 30.7 Å².